The quantitative estimate of drug-likeness (QED) is 0.878. The predicted molar refractivity (Wildman–Crippen MR) is 62.7 cm³/mol. The fraction of sp³-hybridized carbons (Fsp3) is 0.583. The van der Waals surface area contributed by atoms with E-state index < -0.39 is 5.97 Å². The van der Waals surface area contributed by atoms with Crippen molar-refractivity contribution in [1.82, 2.24) is 9.97 Å². The van der Waals surface area contributed by atoms with E-state index >= 15 is 0 Å². The number of hydrogen-bond donors (Lipinski definition) is 1. The highest BCUT2D eigenvalue weighted by Gasteiger charge is 2.26. The molecule has 1 aliphatic rings. The Morgan fingerprint density at radius 2 is 2.00 bits per heavy atom. The summed E-state index contributed by atoms with van der Waals surface area (Å²) >= 11 is 0. The largest absolute Gasteiger partial charge is 0.476 e. The lowest BCUT2D eigenvalue weighted by Gasteiger charge is -2.31. The van der Waals surface area contributed by atoms with Crippen LogP contribution in [0.15, 0.2) is 12.4 Å². The molecule has 18 heavy (non-hydrogen) atoms. The average Bonchev–Trinajstić information content (AvgIpc) is 2.28. The van der Waals surface area contributed by atoms with E-state index in [1.165, 1.54) is 12.4 Å². The normalized spacial score (nSPS) is 27.8. The Morgan fingerprint density at radius 1 is 1.33 bits per heavy atom. The van der Waals surface area contributed by atoms with Gasteiger partial charge in [-0.3, -0.25) is 0 Å². The molecule has 6 heteroatoms. The molecule has 1 aromatic rings. The summed E-state index contributed by atoms with van der Waals surface area (Å²) in [5, 5.41) is 8.71. The lowest BCUT2D eigenvalue weighted by Crippen LogP contribution is -2.35. The predicted octanol–water partition coefficient (Wildman–Crippen LogP) is 1.51. The molecule has 1 saturated heterocycles. The Labute approximate surface area is 105 Å². The third-order valence-electron chi connectivity index (χ3n) is 2.79. The van der Waals surface area contributed by atoms with Crippen LogP contribution in [0.2, 0.25) is 0 Å². The van der Waals surface area contributed by atoms with E-state index in [1.807, 2.05) is 13.8 Å². The third-order valence-corrected chi connectivity index (χ3v) is 2.79. The van der Waals surface area contributed by atoms with Crippen LogP contribution in [0.1, 0.15) is 37.2 Å². The van der Waals surface area contributed by atoms with Crippen LogP contribution < -0.4 is 4.74 Å². The molecule has 6 nitrogen and oxygen atoms in total. The molecule has 0 spiro atoms. The van der Waals surface area contributed by atoms with Gasteiger partial charge in [-0.25, -0.2) is 14.8 Å². The molecule has 2 rings (SSSR count). The van der Waals surface area contributed by atoms with Crippen molar-refractivity contribution < 1.29 is 19.4 Å². The van der Waals surface area contributed by atoms with Crippen LogP contribution in [0.4, 0.5) is 0 Å². The molecular weight excluding hydrogens is 236 g/mol. The van der Waals surface area contributed by atoms with E-state index in [9.17, 15) is 4.79 Å². The van der Waals surface area contributed by atoms with Gasteiger partial charge in [-0.1, -0.05) is 0 Å². The Bertz CT molecular complexity index is 411. The summed E-state index contributed by atoms with van der Waals surface area (Å²) in [4.78, 5) is 18.3. The maximum atomic E-state index is 10.6. The lowest BCUT2D eigenvalue weighted by molar-refractivity contribution is -0.0730. The van der Waals surface area contributed by atoms with Gasteiger partial charge < -0.3 is 14.6 Å². The summed E-state index contributed by atoms with van der Waals surface area (Å²) in [7, 11) is 0. The molecule has 1 aliphatic heterocycles. The maximum Gasteiger partial charge on any atom is 0.356 e. The Morgan fingerprint density at radius 3 is 2.50 bits per heavy atom. The molecule has 0 aromatic carbocycles. The molecule has 2 atom stereocenters. The van der Waals surface area contributed by atoms with Crippen molar-refractivity contribution >= 4 is 5.97 Å². The van der Waals surface area contributed by atoms with E-state index in [2.05, 4.69) is 9.97 Å². The number of ether oxygens (including phenoxy) is 2. The minimum atomic E-state index is -1.10. The zero-order valence-electron chi connectivity index (χ0n) is 10.4. The second kappa shape index (κ2) is 5.30. The average molecular weight is 252 g/mol. The van der Waals surface area contributed by atoms with Crippen LogP contribution in [0, 0.1) is 0 Å². The number of carboxylic acids is 1. The standard InChI is InChI=1S/C12H16N2O4/c1-7-3-9(4-8(2)17-7)18-11-6-13-10(5-14-11)12(15)16/h5-9H,3-4H2,1-2H3,(H,15,16). The number of aromatic nitrogens is 2. The summed E-state index contributed by atoms with van der Waals surface area (Å²) in [5.41, 5.74) is -0.0870. The Balaban J connectivity index is 1.98. The second-order valence-corrected chi connectivity index (χ2v) is 4.51. The SMILES string of the molecule is CC1CC(Oc2cnc(C(=O)O)cn2)CC(C)O1. The van der Waals surface area contributed by atoms with Crippen molar-refractivity contribution in [3.63, 3.8) is 0 Å². The molecular formula is C12H16N2O4. The van der Waals surface area contributed by atoms with Crippen LogP contribution >= 0.6 is 0 Å². The summed E-state index contributed by atoms with van der Waals surface area (Å²) in [6.07, 6.45) is 4.49. The molecule has 0 amide bonds. The third kappa shape index (κ3) is 3.16. The van der Waals surface area contributed by atoms with Gasteiger partial charge in [-0.05, 0) is 13.8 Å². The molecule has 0 bridgehead atoms. The highest BCUT2D eigenvalue weighted by atomic mass is 16.5. The smallest absolute Gasteiger partial charge is 0.356 e. The number of rotatable bonds is 3. The van der Waals surface area contributed by atoms with Gasteiger partial charge in [0.25, 0.3) is 0 Å². The fourth-order valence-corrected chi connectivity index (χ4v) is 2.10. The van der Waals surface area contributed by atoms with Crippen LogP contribution in [-0.4, -0.2) is 39.4 Å². The maximum absolute atomic E-state index is 10.6. The van der Waals surface area contributed by atoms with E-state index in [-0.39, 0.29) is 24.0 Å². The number of aromatic carboxylic acids is 1. The molecule has 2 heterocycles. The van der Waals surface area contributed by atoms with Crippen LogP contribution in [0.3, 0.4) is 0 Å². The van der Waals surface area contributed by atoms with Gasteiger partial charge in [0.15, 0.2) is 5.69 Å². The first-order valence-corrected chi connectivity index (χ1v) is 5.92. The monoisotopic (exact) mass is 252 g/mol. The first-order chi connectivity index (χ1) is 8.54. The molecule has 0 saturated carbocycles. The van der Waals surface area contributed by atoms with E-state index in [0.29, 0.717) is 5.88 Å². The second-order valence-electron chi connectivity index (χ2n) is 4.51. The van der Waals surface area contributed by atoms with Gasteiger partial charge in [0.2, 0.25) is 5.88 Å². The molecule has 0 radical (unpaired) electrons. The van der Waals surface area contributed by atoms with Crippen molar-refractivity contribution in [3.8, 4) is 5.88 Å². The molecule has 1 N–H and O–H groups in total. The van der Waals surface area contributed by atoms with Crippen LogP contribution in [0.25, 0.3) is 0 Å². The van der Waals surface area contributed by atoms with Gasteiger partial charge in [-0.15, -0.1) is 0 Å². The zero-order chi connectivity index (χ0) is 13.1. The van der Waals surface area contributed by atoms with Crippen molar-refractivity contribution in [2.75, 3.05) is 0 Å². The fourth-order valence-electron chi connectivity index (χ4n) is 2.10. The van der Waals surface area contributed by atoms with E-state index in [1.54, 1.807) is 0 Å². The van der Waals surface area contributed by atoms with E-state index in [0.717, 1.165) is 12.8 Å². The zero-order valence-corrected chi connectivity index (χ0v) is 10.4. The van der Waals surface area contributed by atoms with Gasteiger partial charge in [-0.2, -0.15) is 0 Å². The lowest BCUT2D eigenvalue weighted by atomic mass is 10.0. The first-order valence-electron chi connectivity index (χ1n) is 5.92. The number of carboxylic acid groups (broad SMARTS) is 1. The highest BCUT2D eigenvalue weighted by molar-refractivity contribution is 5.84. The van der Waals surface area contributed by atoms with E-state index in [4.69, 9.17) is 14.6 Å². The Hall–Kier alpha value is -1.69. The van der Waals surface area contributed by atoms with Crippen molar-refractivity contribution in [2.24, 2.45) is 0 Å². The molecule has 0 aliphatic carbocycles. The number of hydrogen-bond acceptors (Lipinski definition) is 5. The van der Waals surface area contributed by atoms with Crippen molar-refractivity contribution in [3.05, 3.63) is 18.1 Å². The number of carbonyl (C=O) groups is 1. The summed E-state index contributed by atoms with van der Waals surface area (Å²) in [6.45, 7) is 4.01. The van der Waals surface area contributed by atoms with Crippen molar-refractivity contribution in [1.29, 1.82) is 0 Å². The molecule has 98 valence electrons. The van der Waals surface area contributed by atoms with Crippen molar-refractivity contribution in [2.45, 2.75) is 45.0 Å². The molecule has 1 fully saturated rings. The van der Waals surface area contributed by atoms with Gasteiger partial charge in [0.1, 0.15) is 6.10 Å². The summed E-state index contributed by atoms with van der Waals surface area (Å²) in [6, 6.07) is 0. The topological polar surface area (TPSA) is 81.5 Å². The van der Waals surface area contributed by atoms with Crippen LogP contribution in [-0.2, 0) is 4.74 Å². The highest BCUT2D eigenvalue weighted by Crippen LogP contribution is 2.22. The van der Waals surface area contributed by atoms with Crippen LogP contribution in [0.5, 0.6) is 5.88 Å². The van der Waals surface area contributed by atoms with Gasteiger partial charge >= 0.3 is 5.97 Å². The summed E-state index contributed by atoms with van der Waals surface area (Å²) in [5.74, 6) is -0.742. The van der Waals surface area contributed by atoms with Gasteiger partial charge in [0.05, 0.1) is 24.6 Å². The molecule has 2 unspecified atom stereocenters. The minimum Gasteiger partial charge on any atom is -0.476 e. The Kier molecular flexibility index (Phi) is 3.76. The van der Waals surface area contributed by atoms with Gasteiger partial charge in [0, 0.05) is 12.8 Å². The first kappa shape index (κ1) is 12.8. The minimum absolute atomic E-state index is 0.0359. The summed E-state index contributed by atoms with van der Waals surface area (Å²) < 4.78 is 11.3. The molecule has 1 aromatic heterocycles. The number of nitrogens with zero attached hydrogens (tertiary/aromatic N) is 2.